The lowest BCUT2D eigenvalue weighted by Crippen LogP contribution is -2.13. The van der Waals surface area contributed by atoms with E-state index in [1.807, 2.05) is 13.0 Å². The molecule has 4 nitrogen and oxygen atoms in total. The van der Waals surface area contributed by atoms with E-state index in [4.69, 9.17) is 15.9 Å². The van der Waals surface area contributed by atoms with Crippen LogP contribution in [0.15, 0.2) is 18.3 Å². The normalized spacial score (nSPS) is 9.92. The number of ether oxygens (including phenoxy) is 1. The van der Waals surface area contributed by atoms with Crippen LogP contribution in [0.3, 0.4) is 0 Å². The highest BCUT2D eigenvalue weighted by Gasteiger charge is 1.99. The Kier molecular flexibility index (Phi) is 3.40. The standard InChI is InChI=1S/C9H13N3O/c1-2-13-6-7-3-4-12-8(5-7)9(10)11/h3-5H,2,6H2,1H3,(H3,10,11). The largest absolute Gasteiger partial charge is 0.382 e. The van der Waals surface area contributed by atoms with Gasteiger partial charge in [0, 0.05) is 12.8 Å². The van der Waals surface area contributed by atoms with E-state index in [0.29, 0.717) is 18.9 Å². The molecule has 0 spiro atoms. The molecule has 13 heavy (non-hydrogen) atoms. The Morgan fingerprint density at radius 3 is 3.08 bits per heavy atom. The fraction of sp³-hybridized carbons (Fsp3) is 0.333. The zero-order chi connectivity index (χ0) is 9.68. The SMILES string of the molecule is CCOCc1ccnc(C(=N)N)c1. The van der Waals surface area contributed by atoms with Crippen molar-refractivity contribution in [3.05, 3.63) is 29.6 Å². The van der Waals surface area contributed by atoms with E-state index in [1.54, 1.807) is 12.3 Å². The predicted octanol–water partition coefficient (Wildman–Crippen LogP) is 0.902. The molecule has 70 valence electrons. The third-order valence-corrected chi connectivity index (χ3v) is 1.57. The summed E-state index contributed by atoms with van der Waals surface area (Å²) in [6.07, 6.45) is 1.63. The first-order valence-corrected chi connectivity index (χ1v) is 4.11. The second kappa shape index (κ2) is 4.57. The van der Waals surface area contributed by atoms with Crippen molar-refractivity contribution in [3.63, 3.8) is 0 Å². The molecule has 1 heterocycles. The van der Waals surface area contributed by atoms with Crippen molar-refractivity contribution in [2.24, 2.45) is 5.73 Å². The summed E-state index contributed by atoms with van der Waals surface area (Å²) in [6, 6.07) is 3.61. The van der Waals surface area contributed by atoms with Gasteiger partial charge in [-0.1, -0.05) is 0 Å². The van der Waals surface area contributed by atoms with Gasteiger partial charge in [-0.05, 0) is 24.6 Å². The lowest BCUT2D eigenvalue weighted by molar-refractivity contribution is 0.134. The van der Waals surface area contributed by atoms with Gasteiger partial charge in [0.05, 0.1) is 6.61 Å². The molecular formula is C9H13N3O. The van der Waals surface area contributed by atoms with Crippen molar-refractivity contribution in [1.29, 1.82) is 5.41 Å². The minimum Gasteiger partial charge on any atom is -0.382 e. The minimum absolute atomic E-state index is 0.0154. The maximum Gasteiger partial charge on any atom is 0.141 e. The van der Waals surface area contributed by atoms with E-state index in [1.165, 1.54) is 0 Å². The maximum absolute atomic E-state index is 7.18. The molecule has 0 aliphatic carbocycles. The molecule has 4 heteroatoms. The number of nitrogens with one attached hydrogen (secondary N) is 1. The first-order valence-electron chi connectivity index (χ1n) is 4.11. The Hall–Kier alpha value is -1.42. The van der Waals surface area contributed by atoms with Gasteiger partial charge in [-0.25, -0.2) is 0 Å². The Morgan fingerprint density at radius 2 is 2.46 bits per heavy atom. The van der Waals surface area contributed by atoms with E-state index in [0.717, 1.165) is 5.56 Å². The van der Waals surface area contributed by atoms with Crippen LogP contribution >= 0.6 is 0 Å². The molecular weight excluding hydrogens is 166 g/mol. The smallest absolute Gasteiger partial charge is 0.141 e. The van der Waals surface area contributed by atoms with Crippen LogP contribution in [-0.2, 0) is 11.3 Å². The van der Waals surface area contributed by atoms with Crippen LogP contribution < -0.4 is 5.73 Å². The number of nitrogens with zero attached hydrogens (tertiary/aromatic N) is 1. The van der Waals surface area contributed by atoms with Crippen LogP contribution in [-0.4, -0.2) is 17.4 Å². The van der Waals surface area contributed by atoms with E-state index >= 15 is 0 Å². The van der Waals surface area contributed by atoms with Crippen molar-refractivity contribution >= 4 is 5.84 Å². The summed E-state index contributed by atoms with van der Waals surface area (Å²) in [5.41, 5.74) is 6.78. The highest BCUT2D eigenvalue weighted by Crippen LogP contribution is 2.02. The van der Waals surface area contributed by atoms with E-state index in [2.05, 4.69) is 4.98 Å². The lowest BCUT2D eigenvalue weighted by atomic mass is 10.2. The maximum atomic E-state index is 7.18. The van der Waals surface area contributed by atoms with Crippen LogP contribution in [0.25, 0.3) is 0 Å². The first-order chi connectivity index (χ1) is 6.24. The summed E-state index contributed by atoms with van der Waals surface area (Å²) in [5, 5.41) is 7.18. The third-order valence-electron chi connectivity index (χ3n) is 1.57. The predicted molar refractivity (Wildman–Crippen MR) is 50.6 cm³/mol. The van der Waals surface area contributed by atoms with Crippen LogP contribution in [0, 0.1) is 5.41 Å². The molecule has 0 saturated heterocycles. The molecule has 0 aliphatic heterocycles. The van der Waals surface area contributed by atoms with Gasteiger partial charge in [0.15, 0.2) is 0 Å². The van der Waals surface area contributed by atoms with Crippen molar-refractivity contribution in [2.75, 3.05) is 6.61 Å². The van der Waals surface area contributed by atoms with E-state index < -0.39 is 0 Å². The summed E-state index contributed by atoms with van der Waals surface area (Å²) >= 11 is 0. The molecule has 0 atom stereocenters. The summed E-state index contributed by atoms with van der Waals surface area (Å²) in [6.45, 7) is 3.16. The highest BCUT2D eigenvalue weighted by atomic mass is 16.5. The Bertz CT molecular complexity index is 299. The van der Waals surface area contributed by atoms with Gasteiger partial charge in [-0.3, -0.25) is 10.4 Å². The van der Waals surface area contributed by atoms with Crippen molar-refractivity contribution in [2.45, 2.75) is 13.5 Å². The molecule has 1 aromatic heterocycles. The van der Waals surface area contributed by atoms with Crippen LogP contribution in [0.5, 0.6) is 0 Å². The third kappa shape index (κ3) is 2.83. The fourth-order valence-electron chi connectivity index (χ4n) is 0.931. The lowest BCUT2D eigenvalue weighted by Gasteiger charge is -2.02. The molecule has 0 aliphatic rings. The Morgan fingerprint density at radius 1 is 1.69 bits per heavy atom. The number of pyridine rings is 1. The number of amidine groups is 1. The zero-order valence-corrected chi connectivity index (χ0v) is 7.58. The number of hydrogen-bond donors (Lipinski definition) is 2. The minimum atomic E-state index is -0.0154. The van der Waals surface area contributed by atoms with Gasteiger partial charge in [0.1, 0.15) is 11.5 Å². The molecule has 0 aromatic carbocycles. The van der Waals surface area contributed by atoms with Gasteiger partial charge in [-0.15, -0.1) is 0 Å². The van der Waals surface area contributed by atoms with Crippen molar-refractivity contribution < 1.29 is 4.74 Å². The zero-order valence-electron chi connectivity index (χ0n) is 7.58. The average molecular weight is 179 g/mol. The quantitative estimate of drug-likeness (QED) is 0.533. The van der Waals surface area contributed by atoms with Crippen molar-refractivity contribution in [3.8, 4) is 0 Å². The van der Waals surface area contributed by atoms with Gasteiger partial charge in [0.2, 0.25) is 0 Å². The summed E-state index contributed by atoms with van der Waals surface area (Å²) in [7, 11) is 0. The molecule has 1 aromatic rings. The van der Waals surface area contributed by atoms with Gasteiger partial charge in [-0.2, -0.15) is 0 Å². The number of hydrogen-bond acceptors (Lipinski definition) is 3. The summed E-state index contributed by atoms with van der Waals surface area (Å²) < 4.78 is 5.22. The molecule has 0 fully saturated rings. The molecule has 1 rings (SSSR count). The van der Waals surface area contributed by atoms with Gasteiger partial charge in [0.25, 0.3) is 0 Å². The molecule has 0 unspecified atom stereocenters. The van der Waals surface area contributed by atoms with Gasteiger partial charge < -0.3 is 10.5 Å². The van der Waals surface area contributed by atoms with Crippen molar-refractivity contribution in [1.82, 2.24) is 4.98 Å². The number of aromatic nitrogens is 1. The van der Waals surface area contributed by atoms with Crippen LogP contribution in [0.1, 0.15) is 18.2 Å². The average Bonchev–Trinajstić information content (AvgIpc) is 2.15. The van der Waals surface area contributed by atoms with E-state index in [-0.39, 0.29) is 5.84 Å². The Balaban J connectivity index is 2.73. The number of nitrogen functional groups attached to an aromatic ring is 1. The molecule has 0 amide bonds. The second-order valence-corrected chi connectivity index (χ2v) is 2.60. The summed E-state index contributed by atoms with van der Waals surface area (Å²) in [4.78, 5) is 3.94. The first kappa shape index (κ1) is 9.67. The topological polar surface area (TPSA) is 72.0 Å². The number of rotatable bonds is 4. The Labute approximate surface area is 77.2 Å². The number of nitrogens with two attached hydrogens (primary N) is 1. The summed E-state index contributed by atoms with van der Waals surface area (Å²) in [5.74, 6) is -0.0154. The molecule has 0 radical (unpaired) electrons. The molecule has 0 saturated carbocycles. The second-order valence-electron chi connectivity index (χ2n) is 2.60. The van der Waals surface area contributed by atoms with E-state index in [9.17, 15) is 0 Å². The van der Waals surface area contributed by atoms with Crippen LogP contribution in [0.4, 0.5) is 0 Å². The monoisotopic (exact) mass is 179 g/mol. The molecule has 0 bridgehead atoms. The molecule has 3 N–H and O–H groups in total. The highest BCUT2D eigenvalue weighted by molar-refractivity contribution is 5.93. The van der Waals surface area contributed by atoms with Gasteiger partial charge >= 0.3 is 0 Å². The fourth-order valence-corrected chi connectivity index (χ4v) is 0.931. The van der Waals surface area contributed by atoms with Crippen LogP contribution in [0.2, 0.25) is 0 Å².